The van der Waals surface area contributed by atoms with E-state index in [2.05, 4.69) is 24.5 Å². The minimum atomic E-state index is 0.593. The second kappa shape index (κ2) is 6.19. The van der Waals surface area contributed by atoms with Crippen LogP contribution in [0, 0.1) is 11.3 Å². The van der Waals surface area contributed by atoms with Crippen LogP contribution in [0.4, 0.5) is 5.69 Å². The van der Waals surface area contributed by atoms with E-state index in [1.165, 1.54) is 0 Å². The van der Waals surface area contributed by atoms with Gasteiger partial charge in [0.2, 0.25) is 0 Å². The van der Waals surface area contributed by atoms with Crippen LogP contribution < -0.4 is 4.90 Å². The summed E-state index contributed by atoms with van der Waals surface area (Å²) in [7, 11) is 0. The largest absolute Gasteiger partial charge is 0.367 e. The van der Waals surface area contributed by atoms with Crippen LogP contribution in [0.25, 0.3) is 0 Å². The third kappa shape index (κ3) is 3.01. The molecule has 0 N–H and O–H groups in total. The first-order valence-corrected chi connectivity index (χ1v) is 5.66. The van der Waals surface area contributed by atoms with Crippen molar-refractivity contribution in [2.24, 2.45) is 0 Å². The number of nitrogens with zero attached hydrogens (tertiary/aromatic N) is 2. The van der Waals surface area contributed by atoms with Crippen LogP contribution in [0.15, 0.2) is 30.9 Å². The molecule has 0 saturated carbocycles. The fraction of sp³-hybridized carbons (Fsp3) is 0.308. The second-order valence-corrected chi connectivity index (χ2v) is 3.94. The summed E-state index contributed by atoms with van der Waals surface area (Å²) in [5.74, 6) is 0. The summed E-state index contributed by atoms with van der Waals surface area (Å²) < 4.78 is 0. The molecule has 84 valence electrons. The molecule has 16 heavy (non-hydrogen) atoms. The van der Waals surface area contributed by atoms with Crippen molar-refractivity contribution in [2.75, 3.05) is 18.0 Å². The zero-order valence-corrected chi connectivity index (χ0v) is 10.2. The Balaban J connectivity index is 3.08. The Labute approximate surface area is 102 Å². The van der Waals surface area contributed by atoms with E-state index in [1.54, 1.807) is 6.07 Å². The third-order valence-corrected chi connectivity index (χ3v) is 2.50. The molecule has 0 fully saturated rings. The number of hydrogen-bond acceptors (Lipinski definition) is 2. The number of hydrogen-bond donors (Lipinski definition) is 0. The van der Waals surface area contributed by atoms with Gasteiger partial charge in [-0.25, -0.2) is 0 Å². The highest BCUT2D eigenvalue weighted by Gasteiger charge is 2.09. The Morgan fingerprint density at radius 3 is 2.88 bits per heavy atom. The van der Waals surface area contributed by atoms with Crippen molar-refractivity contribution in [3.63, 3.8) is 0 Å². The summed E-state index contributed by atoms with van der Waals surface area (Å²) in [6, 6.07) is 7.57. The van der Waals surface area contributed by atoms with Crippen molar-refractivity contribution in [1.29, 1.82) is 5.26 Å². The zero-order valence-electron chi connectivity index (χ0n) is 9.41. The minimum Gasteiger partial charge on any atom is -0.367 e. The van der Waals surface area contributed by atoms with E-state index in [0.717, 1.165) is 25.2 Å². The number of nitriles is 1. The number of halogens is 1. The lowest BCUT2D eigenvalue weighted by Crippen LogP contribution is -2.24. The fourth-order valence-corrected chi connectivity index (χ4v) is 1.78. The van der Waals surface area contributed by atoms with Crippen molar-refractivity contribution >= 4 is 17.3 Å². The molecule has 0 aliphatic carbocycles. The molecule has 3 heteroatoms. The lowest BCUT2D eigenvalue weighted by Gasteiger charge is -2.23. The molecule has 0 aromatic heterocycles. The number of anilines is 1. The van der Waals surface area contributed by atoms with Crippen LogP contribution in [0.2, 0.25) is 5.02 Å². The van der Waals surface area contributed by atoms with Gasteiger partial charge in [0.25, 0.3) is 0 Å². The molecule has 0 bridgehead atoms. The van der Waals surface area contributed by atoms with Crippen LogP contribution in [-0.4, -0.2) is 13.1 Å². The summed E-state index contributed by atoms with van der Waals surface area (Å²) in [6.45, 7) is 7.49. The summed E-state index contributed by atoms with van der Waals surface area (Å²) in [4.78, 5) is 2.13. The first kappa shape index (κ1) is 12.6. The quantitative estimate of drug-likeness (QED) is 0.728. The van der Waals surface area contributed by atoms with Gasteiger partial charge >= 0.3 is 0 Å². The first-order valence-electron chi connectivity index (χ1n) is 5.28. The topological polar surface area (TPSA) is 27.0 Å². The Morgan fingerprint density at radius 1 is 1.56 bits per heavy atom. The Hall–Kier alpha value is -1.46. The Bertz CT molecular complexity index is 407. The Morgan fingerprint density at radius 2 is 2.31 bits per heavy atom. The molecule has 0 aliphatic heterocycles. The monoisotopic (exact) mass is 234 g/mol. The molecule has 2 nitrogen and oxygen atoms in total. The van der Waals surface area contributed by atoms with Crippen molar-refractivity contribution < 1.29 is 0 Å². The lowest BCUT2D eigenvalue weighted by atomic mass is 10.1. The number of rotatable bonds is 5. The van der Waals surface area contributed by atoms with E-state index in [-0.39, 0.29) is 0 Å². The highest BCUT2D eigenvalue weighted by Crippen LogP contribution is 2.23. The molecule has 1 aromatic rings. The van der Waals surface area contributed by atoms with Gasteiger partial charge in [-0.1, -0.05) is 24.6 Å². The second-order valence-electron chi connectivity index (χ2n) is 3.51. The van der Waals surface area contributed by atoms with Gasteiger partial charge < -0.3 is 4.90 Å². The van der Waals surface area contributed by atoms with E-state index in [0.29, 0.717) is 10.6 Å². The summed E-state index contributed by atoms with van der Waals surface area (Å²) in [5.41, 5.74) is 1.54. The van der Waals surface area contributed by atoms with Crippen LogP contribution in [0.1, 0.15) is 18.9 Å². The Kier molecular flexibility index (Phi) is 4.88. The zero-order chi connectivity index (χ0) is 12.0. The number of benzene rings is 1. The standard InChI is InChI=1S/C13H15ClN2/c1-3-7-16(8-4-2)13-6-5-12(14)9-11(13)10-15/h3,5-6,9H,1,4,7-8H2,2H3. The van der Waals surface area contributed by atoms with E-state index < -0.39 is 0 Å². The molecule has 0 aliphatic rings. The highest BCUT2D eigenvalue weighted by molar-refractivity contribution is 6.30. The molecule has 1 rings (SSSR count). The fourth-order valence-electron chi connectivity index (χ4n) is 1.61. The normalized spacial score (nSPS) is 9.56. The van der Waals surface area contributed by atoms with E-state index in [9.17, 15) is 0 Å². The first-order chi connectivity index (χ1) is 7.72. The molecule has 0 unspecified atom stereocenters. The van der Waals surface area contributed by atoms with Crippen molar-refractivity contribution in [3.8, 4) is 6.07 Å². The SMILES string of the molecule is C=CCN(CCC)c1ccc(Cl)cc1C#N. The van der Waals surface area contributed by atoms with Gasteiger partial charge in [0, 0.05) is 18.1 Å². The van der Waals surface area contributed by atoms with Crippen LogP contribution in [0.3, 0.4) is 0 Å². The maximum atomic E-state index is 9.07. The molecule has 0 amide bonds. The minimum absolute atomic E-state index is 0.593. The van der Waals surface area contributed by atoms with Gasteiger partial charge in [0.1, 0.15) is 6.07 Å². The third-order valence-electron chi connectivity index (χ3n) is 2.26. The molecule has 1 aromatic carbocycles. The molecule has 0 radical (unpaired) electrons. The van der Waals surface area contributed by atoms with Crippen molar-refractivity contribution in [3.05, 3.63) is 41.4 Å². The maximum Gasteiger partial charge on any atom is 0.101 e. The average molecular weight is 235 g/mol. The van der Waals surface area contributed by atoms with E-state index >= 15 is 0 Å². The molecule has 0 saturated heterocycles. The molecular formula is C13H15ClN2. The van der Waals surface area contributed by atoms with Gasteiger partial charge in [-0.15, -0.1) is 6.58 Å². The van der Waals surface area contributed by atoms with Crippen LogP contribution in [-0.2, 0) is 0 Å². The van der Waals surface area contributed by atoms with E-state index in [4.69, 9.17) is 16.9 Å². The predicted molar refractivity (Wildman–Crippen MR) is 68.9 cm³/mol. The van der Waals surface area contributed by atoms with Gasteiger partial charge in [-0.2, -0.15) is 5.26 Å². The molecule has 0 spiro atoms. The summed E-state index contributed by atoms with van der Waals surface area (Å²) in [5, 5.41) is 9.66. The van der Waals surface area contributed by atoms with Crippen molar-refractivity contribution in [2.45, 2.75) is 13.3 Å². The average Bonchev–Trinajstić information content (AvgIpc) is 2.28. The van der Waals surface area contributed by atoms with Crippen LogP contribution >= 0.6 is 11.6 Å². The van der Waals surface area contributed by atoms with Gasteiger partial charge in [0.15, 0.2) is 0 Å². The van der Waals surface area contributed by atoms with E-state index in [1.807, 2.05) is 18.2 Å². The molecular weight excluding hydrogens is 220 g/mol. The van der Waals surface area contributed by atoms with Gasteiger partial charge in [-0.05, 0) is 24.6 Å². The summed E-state index contributed by atoms with van der Waals surface area (Å²) in [6.07, 6.45) is 2.87. The van der Waals surface area contributed by atoms with Crippen molar-refractivity contribution in [1.82, 2.24) is 0 Å². The van der Waals surface area contributed by atoms with Gasteiger partial charge in [-0.3, -0.25) is 0 Å². The van der Waals surface area contributed by atoms with Gasteiger partial charge in [0.05, 0.1) is 11.3 Å². The summed E-state index contributed by atoms with van der Waals surface area (Å²) >= 11 is 5.86. The molecule has 0 atom stereocenters. The van der Waals surface area contributed by atoms with Crippen LogP contribution in [0.5, 0.6) is 0 Å². The predicted octanol–water partition coefficient (Wildman–Crippen LogP) is 3.61. The highest BCUT2D eigenvalue weighted by atomic mass is 35.5. The lowest BCUT2D eigenvalue weighted by molar-refractivity contribution is 0.815. The molecule has 0 heterocycles. The maximum absolute atomic E-state index is 9.07. The smallest absolute Gasteiger partial charge is 0.101 e.